The Morgan fingerprint density at radius 3 is 2.33 bits per heavy atom. The summed E-state index contributed by atoms with van der Waals surface area (Å²) in [7, 11) is 1.75. The van der Waals surface area contributed by atoms with E-state index in [1.807, 2.05) is 30.3 Å². The van der Waals surface area contributed by atoms with Crippen LogP contribution in [-0.4, -0.2) is 66.6 Å². The minimum Gasteiger partial charge on any atom is -0.481 e. The van der Waals surface area contributed by atoms with Gasteiger partial charge in [0.15, 0.2) is 0 Å². The number of carbonyl (C=O) groups is 5. The molecule has 11 nitrogen and oxygen atoms in total. The van der Waals surface area contributed by atoms with Gasteiger partial charge in [-0.05, 0) is 30.3 Å². The van der Waals surface area contributed by atoms with E-state index in [1.54, 1.807) is 55.6 Å². The van der Waals surface area contributed by atoms with Gasteiger partial charge in [-0.15, -0.1) is 0 Å². The van der Waals surface area contributed by atoms with Crippen molar-refractivity contribution in [2.45, 2.75) is 18.6 Å². The average Bonchev–Trinajstić information content (AvgIpc) is 3.07. The average molecular weight is 542 g/mol. The quantitative estimate of drug-likeness (QED) is 0.285. The Morgan fingerprint density at radius 2 is 1.68 bits per heavy atom. The van der Waals surface area contributed by atoms with Gasteiger partial charge < -0.3 is 25.9 Å². The zero-order chi connectivity index (χ0) is 28.6. The van der Waals surface area contributed by atoms with Crippen LogP contribution in [0.5, 0.6) is 0 Å². The van der Waals surface area contributed by atoms with Gasteiger partial charge in [0.05, 0.1) is 23.9 Å². The van der Waals surface area contributed by atoms with Gasteiger partial charge in [0, 0.05) is 29.4 Å². The van der Waals surface area contributed by atoms with E-state index < -0.39 is 48.9 Å². The molecule has 4 rings (SSSR count). The van der Waals surface area contributed by atoms with Crippen LogP contribution in [0.25, 0.3) is 0 Å². The molecular weight excluding hydrogens is 514 g/mol. The molecule has 1 aliphatic rings. The monoisotopic (exact) mass is 541 g/mol. The molecule has 0 radical (unpaired) electrons. The summed E-state index contributed by atoms with van der Waals surface area (Å²) >= 11 is 0. The van der Waals surface area contributed by atoms with Crippen LogP contribution in [0.2, 0.25) is 0 Å². The minimum absolute atomic E-state index is 0.303. The molecule has 0 bridgehead atoms. The third-order valence-corrected chi connectivity index (χ3v) is 6.17. The standard InChI is InChI=1S/C29H27N5O6/c1-30-20-13-11-19(12-14-20)28(39)33-27-29(40)34(16-24(36)31-21(17-35)15-25(37)38)23-10-6-5-9-22(23)26(32-27)18-7-3-2-4-8-18/h2-14,17,21,27,30H,15-16H2,1H3,(H,31,36)(H,33,39)(H,37,38). The van der Waals surface area contributed by atoms with Crippen molar-refractivity contribution in [3.63, 3.8) is 0 Å². The normalized spacial score (nSPS) is 15.1. The number of rotatable bonds is 10. The number of hydrogen-bond donors (Lipinski definition) is 4. The Balaban J connectivity index is 1.72. The van der Waals surface area contributed by atoms with Gasteiger partial charge in [0.25, 0.3) is 11.8 Å². The Hall–Kier alpha value is -5.32. The number of amides is 3. The Morgan fingerprint density at radius 1 is 1.00 bits per heavy atom. The number of aliphatic imine (C=N–C) groups is 1. The topological polar surface area (TPSA) is 157 Å². The molecular formula is C29H27N5O6. The van der Waals surface area contributed by atoms with Crippen molar-refractivity contribution in [3.05, 3.63) is 95.6 Å². The molecule has 2 unspecified atom stereocenters. The van der Waals surface area contributed by atoms with Crippen LogP contribution in [0, 0.1) is 0 Å². The second kappa shape index (κ2) is 12.5. The number of nitrogens with zero attached hydrogens (tertiary/aromatic N) is 2. The van der Waals surface area contributed by atoms with Crippen molar-refractivity contribution in [2.75, 3.05) is 23.8 Å². The lowest BCUT2D eigenvalue weighted by molar-refractivity contribution is -0.138. The van der Waals surface area contributed by atoms with E-state index in [9.17, 15) is 24.0 Å². The number of fused-ring (bicyclic) bond motifs is 1. The molecule has 11 heteroatoms. The van der Waals surface area contributed by atoms with E-state index in [0.29, 0.717) is 34.4 Å². The number of benzodiazepines with no additional fused rings is 1. The van der Waals surface area contributed by atoms with E-state index in [2.05, 4.69) is 20.9 Å². The number of aldehydes is 1. The largest absolute Gasteiger partial charge is 0.481 e. The third kappa shape index (κ3) is 6.38. The first-order chi connectivity index (χ1) is 19.3. The lowest BCUT2D eigenvalue weighted by atomic mass is 10.0. The summed E-state index contributed by atoms with van der Waals surface area (Å²) in [6, 6.07) is 21.3. The number of benzene rings is 3. The molecule has 0 saturated carbocycles. The van der Waals surface area contributed by atoms with Crippen molar-refractivity contribution in [1.29, 1.82) is 0 Å². The highest BCUT2D eigenvalue weighted by atomic mass is 16.4. The molecule has 0 fully saturated rings. The maximum atomic E-state index is 13.9. The highest BCUT2D eigenvalue weighted by Gasteiger charge is 2.34. The number of hydrogen-bond acceptors (Lipinski definition) is 7. The van der Waals surface area contributed by atoms with E-state index in [-0.39, 0.29) is 0 Å². The van der Waals surface area contributed by atoms with Crippen LogP contribution in [0.3, 0.4) is 0 Å². The highest BCUT2D eigenvalue weighted by molar-refractivity contribution is 6.21. The molecule has 0 aliphatic carbocycles. The highest BCUT2D eigenvalue weighted by Crippen LogP contribution is 2.28. The number of para-hydroxylation sites is 1. The van der Waals surface area contributed by atoms with Crippen LogP contribution in [0.1, 0.15) is 27.9 Å². The van der Waals surface area contributed by atoms with Gasteiger partial charge >= 0.3 is 5.97 Å². The van der Waals surface area contributed by atoms with Crippen molar-refractivity contribution in [3.8, 4) is 0 Å². The van der Waals surface area contributed by atoms with Crippen LogP contribution >= 0.6 is 0 Å². The van der Waals surface area contributed by atoms with Crippen molar-refractivity contribution in [2.24, 2.45) is 4.99 Å². The van der Waals surface area contributed by atoms with Crippen LogP contribution in [-0.2, 0) is 19.2 Å². The van der Waals surface area contributed by atoms with E-state index in [4.69, 9.17) is 5.11 Å². The first kappa shape index (κ1) is 27.7. The number of anilines is 2. The zero-order valence-corrected chi connectivity index (χ0v) is 21.5. The number of aliphatic carboxylic acids is 1. The molecule has 3 amide bonds. The van der Waals surface area contributed by atoms with Crippen molar-refractivity contribution in [1.82, 2.24) is 10.6 Å². The summed E-state index contributed by atoms with van der Waals surface area (Å²) < 4.78 is 0. The summed E-state index contributed by atoms with van der Waals surface area (Å²) in [5.41, 5.74) is 3.13. The van der Waals surface area contributed by atoms with Gasteiger partial charge in [-0.3, -0.25) is 24.1 Å². The lowest BCUT2D eigenvalue weighted by Crippen LogP contribution is -2.51. The molecule has 2 atom stereocenters. The first-order valence-corrected chi connectivity index (χ1v) is 12.4. The molecule has 4 N–H and O–H groups in total. The summed E-state index contributed by atoms with van der Waals surface area (Å²) in [5, 5.41) is 17.0. The molecule has 0 spiro atoms. The summed E-state index contributed by atoms with van der Waals surface area (Å²) in [6.07, 6.45) is -1.68. The molecule has 1 aliphatic heterocycles. The molecule has 40 heavy (non-hydrogen) atoms. The Kier molecular flexibility index (Phi) is 8.65. The van der Waals surface area contributed by atoms with Crippen LogP contribution < -0.4 is 20.9 Å². The minimum atomic E-state index is -1.40. The lowest BCUT2D eigenvalue weighted by Gasteiger charge is -2.25. The van der Waals surface area contributed by atoms with Gasteiger partial charge in [0.1, 0.15) is 12.8 Å². The first-order valence-electron chi connectivity index (χ1n) is 12.4. The van der Waals surface area contributed by atoms with Gasteiger partial charge in [-0.2, -0.15) is 0 Å². The van der Waals surface area contributed by atoms with Crippen molar-refractivity contribution >= 4 is 47.1 Å². The molecule has 0 aromatic heterocycles. The van der Waals surface area contributed by atoms with E-state index in [1.165, 1.54) is 4.90 Å². The fourth-order valence-electron chi connectivity index (χ4n) is 4.23. The number of carboxylic acids is 1. The molecule has 204 valence electrons. The van der Waals surface area contributed by atoms with Gasteiger partial charge in [-0.25, -0.2) is 4.99 Å². The third-order valence-electron chi connectivity index (χ3n) is 6.17. The SMILES string of the molecule is CNc1ccc(C(=O)NC2N=C(c3ccccc3)c3ccccc3N(CC(=O)NC(C=O)CC(=O)O)C2=O)cc1. The maximum absolute atomic E-state index is 13.9. The smallest absolute Gasteiger partial charge is 0.305 e. The number of carboxylic acid groups (broad SMARTS) is 1. The predicted molar refractivity (Wildman–Crippen MR) is 148 cm³/mol. The maximum Gasteiger partial charge on any atom is 0.305 e. The summed E-state index contributed by atoms with van der Waals surface area (Å²) in [6.45, 7) is -0.541. The van der Waals surface area contributed by atoms with E-state index in [0.717, 1.165) is 5.69 Å². The van der Waals surface area contributed by atoms with Crippen molar-refractivity contribution < 1.29 is 29.1 Å². The van der Waals surface area contributed by atoms with Crippen LogP contribution in [0.15, 0.2) is 83.9 Å². The Labute approximate surface area is 229 Å². The second-order valence-corrected chi connectivity index (χ2v) is 8.90. The van der Waals surface area contributed by atoms with Crippen LogP contribution in [0.4, 0.5) is 11.4 Å². The Bertz CT molecular complexity index is 1460. The summed E-state index contributed by atoms with van der Waals surface area (Å²) in [5.74, 6) is -3.25. The van der Waals surface area contributed by atoms with E-state index >= 15 is 0 Å². The second-order valence-electron chi connectivity index (χ2n) is 8.90. The summed E-state index contributed by atoms with van der Waals surface area (Å²) in [4.78, 5) is 68.1. The fourth-order valence-corrected chi connectivity index (χ4v) is 4.23. The molecule has 0 saturated heterocycles. The molecule has 3 aromatic rings. The zero-order valence-electron chi connectivity index (χ0n) is 21.5. The molecule has 1 heterocycles. The predicted octanol–water partition coefficient (Wildman–Crippen LogP) is 1.83. The van der Waals surface area contributed by atoms with Gasteiger partial charge in [-0.1, -0.05) is 48.5 Å². The molecule has 3 aromatic carbocycles. The fraction of sp³-hybridized carbons (Fsp3) is 0.172. The number of carbonyl (C=O) groups excluding carboxylic acids is 4. The number of nitrogens with one attached hydrogen (secondary N) is 3. The van der Waals surface area contributed by atoms with Gasteiger partial charge in [0.2, 0.25) is 12.1 Å².